The minimum atomic E-state index is -0.305. The summed E-state index contributed by atoms with van der Waals surface area (Å²) in [7, 11) is 1.83. The molecule has 0 bridgehead atoms. The molecule has 140 valence electrons. The molecule has 0 atom stereocenters. The van der Waals surface area contributed by atoms with Gasteiger partial charge in [-0.3, -0.25) is 9.48 Å². The third-order valence-corrected chi connectivity index (χ3v) is 4.08. The fraction of sp³-hybridized carbons (Fsp3) is 0.263. The number of rotatable bonds is 6. The van der Waals surface area contributed by atoms with Gasteiger partial charge < -0.3 is 16.0 Å². The first-order valence-electron chi connectivity index (χ1n) is 8.68. The second kappa shape index (κ2) is 8.31. The van der Waals surface area contributed by atoms with Gasteiger partial charge in [0.25, 0.3) is 0 Å². The van der Waals surface area contributed by atoms with Crippen LogP contribution < -0.4 is 16.0 Å². The van der Waals surface area contributed by atoms with Gasteiger partial charge in [-0.2, -0.15) is 5.10 Å². The molecular formula is C19H22N6O2. The average molecular weight is 366 g/mol. The summed E-state index contributed by atoms with van der Waals surface area (Å²) in [5.41, 5.74) is 3.24. The van der Waals surface area contributed by atoms with Crippen LogP contribution in [-0.2, 0) is 18.4 Å². The van der Waals surface area contributed by atoms with E-state index in [4.69, 9.17) is 0 Å². The SMILES string of the molecule is Cc1nn(C)c2ncc(NC(=O)CCNC(=O)NCc3ccccc3)cc12. The summed E-state index contributed by atoms with van der Waals surface area (Å²) in [6.07, 6.45) is 1.77. The first kappa shape index (κ1) is 18.4. The standard InChI is InChI=1S/C19H22N6O2/c1-13-16-10-15(12-21-18(16)25(2)24-13)23-17(26)8-9-20-19(27)22-11-14-6-4-3-5-7-14/h3-7,10,12H,8-9,11H2,1-2H3,(H,23,26)(H2,20,22,27). The molecule has 3 aromatic rings. The monoisotopic (exact) mass is 366 g/mol. The van der Waals surface area contributed by atoms with E-state index in [1.165, 1.54) is 0 Å². The van der Waals surface area contributed by atoms with Crippen LogP contribution in [0.1, 0.15) is 17.7 Å². The van der Waals surface area contributed by atoms with E-state index >= 15 is 0 Å². The predicted octanol–water partition coefficient (Wildman–Crippen LogP) is 2.10. The Morgan fingerprint density at radius 2 is 1.93 bits per heavy atom. The largest absolute Gasteiger partial charge is 0.338 e. The van der Waals surface area contributed by atoms with Crippen molar-refractivity contribution in [2.75, 3.05) is 11.9 Å². The van der Waals surface area contributed by atoms with Crippen molar-refractivity contribution in [3.8, 4) is 0 Å². The number of benzene rings is 1. The summed E-state index contributed by atoms with van der Waals surface area (Å²) in [6, 6.07) is 11.2. The third-order valence-electron chi connectivity index (χ3n) is 4.08. The van der Waals surface area contributed by atoms with Crippen molar-refractivity contribution < 1.29 is 9.59 Å². The molecule has 0 aliphatic heterocycles. The number of aryl methyl sites for hydroxylation is 2. The number of hydrogen-bond donors (Lipinski definition) is 3. The molecule has 0 aliphatic carbocycles. The van der Waals surface area contributed by atoms with Crippen molar-refractivity contribution in [1.82, 2.24) is 25.4 Å². The Hall–Kier alpha value is -3.42. The molecule has 0 fully saturated rings. The van der Waals surface area contributed by atoms with Gasteiger partial charge in [0.2, 0.25) is 5.91 Å². The molecule has 2 aromatic heterocycles. The van der Waals surface area contributed by atoms with Gasteiger partial charge in [0, 0.05) is 31.9 Å². The number of hydrogen-bond acceptors (Lipinski definition) is 4. The predicted molar refractivity (Wildman–Crippen MR) is 103 cm³/mol. The molecule has 27 heavy (non-hydrogen) atoms. The van der Waals surface area contributed by atoms with Crippen LogP contribution in [0.2, 0.25) is 0 Å². The van der Waals surface area contributed by atoms with E-state index in [0.717, 1.165) is 22.3 Å². The van der Waals surface area contributed by atoms with E-state index in [-0.39, 0.29) is 24.9 Å². The Balaban J connectivity index is 1.43. The van der Waals surface area contributed by atoms with Gasteiger partial charge in [-0.15, -0.1) is 0 Å². The molecule has 0 radical (unpaired) electrons. The molecule has 0 spiro atoms. The van der Waals surface area contributed by atoms with Crippen LogP contribution in [-0.4, -0.2) is 33.2 Å². The van der Waals surface area contributed by atoms with E-state index in [2.05, 4.69) is 26.0 Å². The number of carbonyl (C=O) groups is 2. The second-order valence-electron chi connectivity index (χ2n) is 6.20. The zero-order valence-corrected chi connectivity index (χ0v) is 15.3. The lowest BCUT2D eigenvalue weighted by Crippen LogP contribution is -2.36. The molecule has 0 aliphatic rings. The van der Waals surface area contributed by atoms with Gasteiger partial charge in [-0.1, -0.05) is 30.3 Å². The number of pyridine rings is 1. The lowest BCUT2D eigenvalue weighted by Gasteiger charge is -2.08. The molecule has 1 aromatic carbocycles. The zero-order chi connectivity index (χ0) is 19.2. The third kappa shape index (κ3) is 4.81. The van der Waals surface area contributed by atoms with Gasteiger partial charge in [0.1, 0.15) is 0 Å². The van der Waals surface area contributed by atoms with Crippen molar-refractivity contribution in [3.05, 3.63) is 53.9 Å². The molecule has 3 rings (SSSR count). The number of nitrogens with zero attached hydrogens (tertiary/aromatic N) is 3. The van der Waals surface area contributed by atoms with Gasteiger partial charge in [-0.05, 0) is 18.6 Å². The number of carbonyl (C=O) groups excluding carboxylic acids is 2. The average Bonchev–Trinajstić information content (AvgIpc) is 2.94. The highest BCUT2D eigenvalue weighted by Crippen LogP contribution is 2.19. The van der Waals surface area contributed by atoms with Crippen LogP contribution in [0.4, 0.5) is 10.5 Å². The molecule has 0 saturated heterocycles. The maximum absolute atomic E-state index is 12.1. The number of fused-ring (bicyclic) bond motifs is 1. The fourth-order valence-electron chi connectivity index (χ4n) is 2.73. The summed E-state index contributed by atoms with van der Waals surface area (Å²) in [4.78, 5) is 28.2. The highest BCUT2D eigenvalue weighted by Gasteiger charge is 2.09. The summed E-state index contributed by atoms with van der Waals surface area (Å²) in [5.74, 6) is -0.193. The number of anilines is 1. The topological polar surface area (TPSA) is 101 Å². The number of nitrogens with one attached hydrogen (secondary N) is 3. The number of aromatic nitrogens is 3. The van der Waals surface area contributed by atoms with Crippen LogP contribution in [0.25, 0.3) is 11.0 Å². The quantitative estimate of drug-likeness (QED) is 0.622. The van der Waals surface area contributed by atoms with Gasteiger partial charge >= 0.3 is 6.03 Å². The minimum Gasteiger partial charge on any atom is -0.338 e. The Bertz CT molecular complexity index is 951. The van der Waals surface area contributed by atoms with E-state index in [1.54, 1.807) is 10.9 Å². The van der Waals surface area contributed by atoms with Gasteiger partial charge in [-0.25, -0.2) is 9.78 Å². The summed E-state index contributed by atoms with van der Waals surface area (Å²) in [6.45, 7) is 2.58. The normalized spacial score (nSPS) is 10.6. The molecule has 8 heteroatoms. The second-order valence-corrected chi connectivity index (χ2v) is 6.20. The Morgan fingerprint density at radius 3 is 2.70 bits per heavy atom. The molecule has 0 saturated carbocycles. The van der Waals surface area contributed by atoms with Crippen LogP contribution in [0, 0.1) is 6.92 Å². The van der Waals surface area contributed by atoms with Crippen LogP contribution >= 0.6 is 0 Å². The van der Waals surface area contributed by atoms with Crippen molar-refractivity contribution in [2.45, 2.75) is 19.9 Å². The maximum atomic E-state index is 12.1. The summed E-state index contributed by atoms with van der Waals surface area (Å²) < 4.78 is 1.70. The highest BCUT2D eigenvalue weighted by molar-refractivity contribution is 5.93. The Morgan fingerprint density at radius 1 is 1.15 bits per heavy atom. The van der Waals surface area contributed by atoms with E-state index < -0.39 is 0 Å². The van der Waals surface area contributed by atoms with Crippen molar-refractivity contribution in [1.29, 1.82) is 0 Å². The summed E-state index contributed by atoms with van der Waals surface area (Å²) >= 11 is 0. The first-order valence-corrected chi connectivity index (χ1v) is 8.68. The molecular weight excluding hydrogens is 344 g/mol. The number of urea groups is 1. The molecule has 8 nitrogen and oxygen atoms in total. The first-order chi connectivity index (χ1) is 13.0. The van der Waals surface area contributed by atoms with E-state index in [0.29, 0.717) is 12.2 Å². The smallest absolute Gasteiger partial charge is 0.315 e. The van der Waals surface area contributed by atoms with Crippen LogP contribution in [0.3, 0.4) is 0 Å². The molecule has 2 heterocycles. The lowest BCUT2D eigenvalue weighted by atomic mass is 10.2. The van der Waals surface area contributed by atoms with Gasteiger partial charge in [0.15, 0.2) is 5.65 Å². The van der Waals surface area contributed by atoms with Crippen molar-refractivity contribution in [2.24, 2.45) is 7.05 Å². The highest BCUT2D eigenvalue weighted by atomic mass is 16.2. The number of amides is 3. The molecule has 3 amide bonds. The Labute approximate surface area is 157 Å². The van der Waals surface area contributed by atoms with Gasteiger partial charge in [0.05, 0.1) is 17.6 Å². The van der Waals surface area contributed by atoms with Crippen LogP contribution in [0.5, 0.6) is 0 Å². The minimum absolute atomic E-state index is 0.169. The fourth-order valence-corrected chi connectivity index (χ4v) is 2.73. The Kier molecular flexibility index (Phi) is 5.65. The maximum Gasteiger partial charge on any atom is 0.315 e. The van der Waals surface area contributed by atoms with Crippen LogP contribution in [0.15, 0.2) is 42.6 Å². The lowest BCUT2D eigenvalue weighted by molar-refractivity contribution is -0.116. The molecule has 3 N–H and O–H groups in total. The van der Waals surface area contributed by atoms with E-state index in [1.807, 2.05) is 50.4 Å². The van der Waals surface area contributed by atoms with Crippen molar-refractivity contribution in [3.63, 3.8) is 0 Å². The van der Waals surface area contributed by atoms with E-state index in [9.17, 15) is 9.59 Å². The molecule has 0 unspecified atom stereocenters. The zero-order valence-electron chi connectivity index (χ0n) is 15.3. The summed E-state index contributed by atoms with van der Waals surface area (Å²) in [5, 5.41) is 13.4. The van der Waals surface area contributed by atoms with Crippen molar-refractivity contribution >= 4 is 28.7 Å².